The maximum Gasteiger partial charge on any atom is 0.234 e. The van der Waals surface area contributed by atoms with Crippen LogP contribution >= 0.6 is 15.9 Å². The number of hydrogen-bond donors (Lipinski definition) is 0. The monoisotopic (exact) mass is 228 g/mol. The average Bonchev–Trinajstić information content (AvgIpc) is 2.76. The van der Waals surface area contributed by atoms with Crippen LogP contribution in [0.15, 0.2) is 0 Å². The van der Waals surface area contributed by atoms with Crippen molar-refractivity contribution in [2.75, 3.05) is 5.33 Å². The van der Waals surface area contributed by atoms with Crippen molar-refractivity contribution in [3.05, 3.63) is 0 Å². The normalized spacial score (nSPS) is 37.3. The third-order valence-electron chi connectivity index (χ3n) is 2.66. The number of hydrogen-bond acceptors (Lipinski definition) is 2. The first-order chi connectivity index (χ1) is 5.77. The molecule has 2 fully saturated rings. The van der Waals surface area contributed by atoms with Gasteiger partial charge in [0.2, 0.25) is 5.91 Å². The van der Waals surface area contributed by atoms with Crippen molar-refractivity contribution >= 4 is 21.8 Å². The van der Waals surface area contributed by atoms with E-state index in [1.807, 2.05) is 0 Å². The smallest absolute Gasteiger partial charge is 0.234 e. The number of nitrogens with zero attached hydrogens (tertiary/aromatic N) is 2. The number of amides is 1. The summed E-state index contributed by atoms with van der Waals surface area (Å²) in [5, 5.41) is 9.10. The van der Waals surface area contributed by atoms with E-state index in [-0.39, 0.29) is 11.9 Å². The van der Waals surface area contributed by atoms with E-state index in [1.165, 1.54) is 0 Å². The molecule has 3 atom stereocenters. The molecule has 4 heteroatoms. The van der Waals surface area contributed by atoms with Gasteiger partial charge in [0.1, 0.15) is 6.04 Å². The minimum absolute atomic E-state index is 0.0616. The molecule has 12 heavy (non-hydrogen) atoms. The van der Waals surface area contributed by atoms with Gasteiger partial charge in [-0.3, -0.25) is 4.79 Å². The zero-order chi connectivity index (χ0) is 8.72. The Morgan fingerprint density at radius 2 is 2.42 bits per heavy atom. The molecule has 2 aliphatic rings. The molecule has 1 heterocycles. The second-order valence-electron chi connectivity index (χ2n) is 3.38. The van der Waals surface area contributed by atoms with Gasteiger partial charge in [-0.15, -0.1) is 0 Å². The highest BCUT2D eigenvalue weighted by Crippen LogP contribution is 2.47. The molecule has 64 valence electrons. The summed E-state index contributed by atoms with van der Waals surface area (Å²) in [5.74, 6) is 0.684. The minimum Gasteiger partial charge on any atom is -0.323 e. The molecule has 0 radical (unpaired) electrons. The molecule has 1 saturated heterocycles. The number of nitriles is 1. The zero-order valence-electron chi connectivity index (χ0n) is 6.53. The fraction of sp³-hybridized carbons (Fsp3) is 0.750. The molecule has 1 aliphatic heterocycles. The van der Waals surface area contributed by atoms with Crippen molar-refractivity contribution in [1.29, 1.82) is 5.26 Å². The lowest BCUT2D eigenvalue weighted by Crippen LogP contribution is -2.38. The number of alkyl halides is 1. The van der Waals surface area contributed by atoms with Gasteiger partial charge in [0.25, 0.3) is 0 Å². The predicted octanol–water partition coefficient (Wildman–Crippen LogP) is 0.894. The SMILES string of the molecule is N#CC1CC2CC2N1C(=O)CBr. The van der Waals surface area contributed by atoms with Gasteiger partial charge in [0.05, 0.1) is 11.4 Å². The van der Waals surface area contributed by atoms with Crippen molar-refractivity contribution in [2.45, 2.75) is 24.9 Å². The van der Waals surface area contributed by atoms with Crippen LogP contribution in [0.2, 0.25) is 0 Å². The summed E-state index contributed by atoms with van der Waals surface area (Å²) < 4.78 is 0. The molecule has 1 saturated carbocycles. The number of carbonyl (C=O) groups excluding carboxylic acids is 1. The van der Waals surface area contributed by atoms with Crippen LogP contribution in [0.25, 0.3) is 0 Å². The van der Waals surface area contributed by atoms with Crippen LogP contribution in [0.1, 0.15) is 12.8 Å². The van der Waals surface area contributed by atoms with E-state index in [4.69, 9.17) is 5.26 Å². The highest BCUT2D eigenvalue weighted by Gasteiger charge is 2.53. The third-order valence-corrected chi connectivity index (χ3v) is 3.14. The highest BCUT2D eigenvalue weighted by atomic mass is 79.9. The van der Waals surface area contributed by atoms with Crippen molar-refractivity contribution in [2.24, 2.45) is 5.92 Å². The molecule has 1 amide bonds. The lowest BCUT2D eigenvalue weighted by atomic mass is 10.2. The first-order valence-electron chi connectivity index (χ1n) is 4.04. The number of halogens is 1. The molecule has 3 unspecified atom stereocenters. The van der Waals surface area contributed by atoms with Gasteiger partial charge in [-0.1, -0.05) is 15.9 Å². The van der Waals surface area contributed by atoms with Crippen LogP contribution in [-0.4, -0.2) is 28.2 Å². The van der Waals surface area contributed by atoms with E-state index in [0.717, 1.165) is 12.8 Å². The molecule has 0 N–H and O–H groups in total. The van der Waals surface area contributed by atoms with Crippen LogP contribution in [-0.2, 0) is 4.79 Å². The summed E-state index contributed by atoms with van der Waals surface area (Å²) in [6.45, 7) is 0. The number of rotatable bonds is 1. The van der Waals surface area contributed by atoms with Gasteiger partial charge in [-0.25, -0.2) is 0 Å². The fourth-order valence-electron chi connectivity index (χ4n) is 2.00. The van der Waals surface area contributed by atoms with Crippen LogP contribution < -0.4 is 0 Å². The quantitative estimate of drug-likeness (QED) is 0.627. The lowest BCUT2D eigenvalue weighted by Gasteiger charge is -2.21. The molecule has 0 aromatic heterocycles. The fourth-order valence-corrected chi connectivity index (χ4v) is 2.29. The average molecular weight is 229 g/mol. The van der Waals surface area contributed by atoms with E-state index in [2.05, 4.69) is 22.0 Å². The number of likely N-dealkylation sites (tertiary alicyclic amines) is 1. The van der Waals surface area contributed by atoms with Crippen LogP contribution in [0.5, 0.6) is 0 Å². The van der Waals surface area contributed by atoms with Gasteiger partial charge in [0, 0.05) is 6.04 Å². The van der Waals surface area contributed by atoms with Crippen molar-refractivity contribution in [1.82, 2.24) is 4.90 Å². The van der Waals surface area contributed by atoms with E-state index >= 15 is 0 Å². The van der Waals surface area contributed by atoms with E-state index in [0.29, 0.717) is 17.3 Å². The van der Waals surface area contributed by atoms with Gasteiger partial charge in [-0.2, -0.15) is 5.26 Å². The standard InChI is InChI=1S/C8H9BrN2O/c9-3-8(12)11-6(4-10)1-5-2-7(5)11/h5-7H,1-3H2. The first kappa shape index (κ1) is 8.06. The summed E-state index contributed by atoms with van der Waals surface area (Å²) >= 11 is 3.13. The Labute approximate surface area is 79.5 Å². The van der Waals surface area contributed by atoms with E-state index in [1.54, 1.807) is 4.90 Å². The summed E-state index contributed by atoms with van der Waals surface area (Å²) in [6, 6.07) is 2.41. The molecule has 3 nitrogen and oxygen atoms in total. The Bertz CT molecular complexity index is 260. The van der Waals surface area contributed by atoms with Crippen LogP contribution in [0, 0.1) is 17.2 Å². The van der Waals surface area contributed by atoms with Gasteiger partial charge in [0.15, 0.2) is 0 Å². The molecular formula is C8H9BrN2O. The van der Waals surface area contributed by atoms with Crippen LogP contribution in [0.4, 0.5) is 0 Å². The topological polar surface area (TPSA) is 44.1 Å². The summed E-state index contributed by atoms with van der Waals surface area (Å²) in [7, 11) is 0. The lowest BCUT2D eigenvalue weighted by molar-refractivity contribution is -0.129. The predicted molar refractivity (Wildman–Crippen MR) is 46.6 cm³/mol. The Balaban J connectivity index is 2.12. The number of fused-ring (bicyclic) bond motifs is 1. The maximum atomic E-state index is 11.3. The van der Waals surface area contributed by atoms with Gasteiger partial charge in [-0.05, 0) is 18.8 Å². The molecule has 0 bridgehead atoms. The van der Waals surface area contributed by atoms with E-state index in [9.17, 15) is 4.79 Å². The van der Waals surface area contributed by atoms with E-state index < -0.39 is 0 Å². The molecular weight excluding hydrogens is 220 g/mol. The summed E-state index contributed by atoms with van der Waals surface area (Å²) in [4.78, 5) is 13.1. The number of carbonyl (C=O) groups is 1. The Morgan fingerprint density at radius 1 is 1.67 bits per heavy atom. The number of piperidine rings is 1. The molecule has 2 rings (SSSR count). The van der Waals surface area contributed by atoms with Crippen molar-refractivity contribution < 1.29 is 4.79 Å². The van der Waals surface area contributed by atoms with Gasteiger partial charge >= 0.3 is 0 Å². The molecule has 0 aromatic carbocycles. The zero-order valence-corrected chi connectivity index (χ0v) is 8.12. The Morgan fingerprint density at radius 3 is 3.00 bits per heavy atom. The van der Waals surface area contributed by atoms with Crippen LogP contribution in [0.3, 0.4) is 0 Å². The summed E-state index contributed by atoms with van der Waals surface area (Å²) in [6.07, 6.45) is 2.00. The summed E-state index contributed by atoms with van der Waals surface area (Å²) in [5.41, 5.74) is 0. The second-order valence-corrected chi connectivity index (χ2v) is 3.94. The van der Waals surface area contributed by atoms with Crippen molar-refractivity contribution in [3.63, 3.8) is 0 Å². The Hall–Kier alpha value is -0.560. The Kier molecular flexibility index (Phi) is 1.84. The second kappa shape index (κ2) is 2.74. The largest absolute Gasteiger partial charge is 0.323 e. The molecule has 0 aromatic rings. The van der Waals surface area contributed by atoms with Gasteiger partial charge < -0.3 is 4.90 Å². The maximum absolute atomic E-state index is 11.3. The van der Waals surface area contributed by atoms with Crippen molar-refractivity contribution in [3.8, 4) is 6.07 Å². The minimum atomic E-state index is -0.154. The third kappa shape index (κ3) is 1.04. The first-order valence-corrected chi connectivity index (χ1v) is 5.17. The molecule has 0 spiro atoms. The highest BCUT2D eigenvalue weighted by molar-refractivity contribution is 9.09. The molecule has 1 aliphatic carbocycles.